The number of rotatable bonds is 7. The van der Waals surface area contributed by atoms with Crippen molar-refractivity contribution in [2.75, 3.05) is 26.1 Å². The fourth-order valence-corrected chi connectivity index (χ4v) is 4.46. The first-order valence-electron chi connectivity index (χ1n) is 12.4. The second-order valence-corrected chi connectivity index (χ2v) is 9.19. The van der Waals surface area contributed by atoms with Crippen LogP contribution in [0.15, 0.2) is 94.2 Å². The van der Waals surface area contributed by atoms with Crippen LogP contribution in [0.5, 0.6) is 5.75 Å². The summed E-state index contributed by atoms with van der Waals surface area (Å²) in [6.07, 6.45) is 2.95. The van der Waals surface area contributed by atoms with Gasteiger partial charge in [-0.1, -0.05) is 30.3 Å². The highest BCUT2D eigenvalue weighted by molar-refractivity contribution is 6.05. The van der Waals surface area contributed by atoms with Gasteiger partial charge in [0.25, 0.3) is 11.1 Å². The molecule has 0 spiro atoms. The third kappa shape index (κ3) is 4.73. The number of methoxy groups -OCH3 is 1. The summed E-state index contributed by atoms with van der Waals surface area (Å²) >= 11 is 0. The van der Waals surface area contributed by atoms with Gasteiger partial charge in [-0.05, 0) is 66.2 Å². The summed E-state index contributed by atoms with van der Waals surface area (Å²) in [5.41, 5.74) is 3.95. The highest BCUT2D eigenvalue weighted by Crippen LogP contribution is 2.23. The lowest BCUT2D eigenvalue weighted by Crippen LogP contribution is -2.26. The van der Waals surface area contributed by atoms with Crippen LogP contribution < -0.4 is 20.8 Å². The van der Waals surface area contributed by atoms with Crippen molar-refractivity contribution in [2.45, 2.75) is 0 Å². The molecule has 200 valence electrons. The molecule has 0 unspecified atom stereocenters. The average molecular weight is 535 g/mol. The summed E-state index contributed by atoms with van der Waals surface area (Å²) in [6, 6.07) is 23.0. The molecule has 0 radical (unpaired) electrons. The Morgan fingerprint density at radius 1 is 0.900 bits per heavy atom. The van der Waals surface area contributed by atoms with Crippen molar-refractivity contribution in [3.05, 3.63) is 122 Å². The number of carboxylic acid groups (broad SMARTS) is 1. The first-order valence-corrected chi connectivity index (χ1v) is 12.4. The van der Waals surface area contributed by atoms with E-state index >= 15 is 0 Å². The first kappa shape index (κ1) is 26.1. The molecule has 0 amide bonds. The van der Waals surface area contributed by atoms with Gasteiger partial charge in [0.1, 0.15) is 11.4 Å². The van der Waals surface area contributed by atoms with Gasteiger partial charge in [-0.2, -0.15) is 0 Å². The van der Waals surface area contributed by atoms with Gasteiger partial charge in [0.15, 0.2) is 0 Å². The van der Waals surface area contributed by atoms with Crippen LogP contribution in [0.2, 0.25) is 0 Å². The van der Waals surface area contributed by atoms with E-state index in [0.29, 0.717) is 17.1 Å². The molecule has 0 atom stereocenters. The predicted octanol–water partition coefficient (Wildman–Crippen LogP) is 4.57. The third-order valence-corrected chi connectivity index (χ3v) is 6.49. The summed E-state index contributed by atoms with van der Waals surface area (Å²) in [4.78, 5) is 42.1. The zero-order valence-electron chi connectivity index (χ0n) is 22.1. The molecule has 0 saturated heterocycles. The molecule has 9 nitrogen and oxygen atoms in total. The number of benzene rings is 3. The normalized spacial score (nSPS) is 10.7. The topological polar surface area (TPSA) is 110 Å². The monoisotopic (exact) mass is 534 g/mol. The van der Waals surface area contributed by atoms with Crippen molar-refractivity contribution in [1.82, 2.24) is 14.3 Å². The van der Waals surface area contributed by atoms with Crippen molar-refractivity contribution < 1.29 is 14.6 Å². The number of carbonyl (C=O) groups is 1. The van der Waals surface area contributed by atoms with Gasteiger partial charge in [-0.15, -0.1) is 5.73 Å². The first-order chi connectivity index (χ1) is 19.3. The summed E-state index contributed by atoms with van der Waals surface area (Å²) < 4.78 is 7.77. The van der Waals surface area contributed by atoms with Crippen molar-refractivity contribution in [3.8, 4) is 17.1 Å². The van der Waals surface area contributed by atoms with Gasteiger partial charge < -0.3 is 14.7 Å². The maximum absolute atomic E-state index is 13.9. The van der Waals surface area contributed by atoms with E-state index in [1.165, 1.54) is 22.4 Å². The van der Waals surface area contributed by atoms with E-state index in [9.17, 15) is 19.5 Å². The molecule has 0 fully saturated rings. The standard InChI is InChI=1S/C31H26N4O5/c1-33(2)21-14-12-20(13-15-21)8-7-11-25-26(31(38)39)27-28(32-35(30(27)37)23-9-5-4-6-10-23)34(29(25)36)22-16-18-24(40-3)19-17-22/h4-6,8-19,32H,1-3H3,(H,38,39). The minimum atomic E-state index is -1.40. The quantitative estimate of drug-likeness (QED) is 0.296. The van der Waals surface area contributed by atoms with E-state index in [-0.39, 0.29) is 16.6 Å². The molecule has 5 aromatic rings. The number of fused-ring (bicyclic) bond motifs is 1. The van der Waals surface area contributed by atoms with Gasteiger partial charge in [0.2, 0.25) is 0 Å². The number of anilines is 1. The Kier molecular flexibility index (Phi) is 6.97. The molecule has 0 aliphatic rings. The fourth-order valence-electron chi connectivity index (χ4n) is 4.46. The smallest absolute Gasteiger partial charge is 0.337 e. The molecule has 2 heterocycles. The third-order valence-electron chi connectivity index (χ3n) is 6.49. The fraction of sp³-hybridized carbons (Fsp3) is 0.0968. The zero-order chi connectivity index (χ0) is 28.4. The number of carboxylic acids is 1. The molecule has 0 saturated carbocycles. The summed E-state index contributed by atoms with van der Waals surface area (Å²) in [6.45, 7) is 0. The highest BCUT2D eigenvalue weighted by Gasteiger charge is 2.26. The lowest BCUT2D eigenvalue weighted by atomic mass is 10.1. The SMILES string of the molecule is COc1ccc(-n2c(=O)c(C=C=Cc3ccc(N(C)C)cc3)c(C(=O)O)c3c(=O)n(-c4ccccc4)[nH]c32)cc1. The van der Waals surface area contributed by atoms with E-state index < -0.39 is 22.7 Å². The van der Waals surface area contributed by atoms with Crippen LogP contribution in [0, 0.1) is 0 Å². The van der Waals surface area contributed by atoms with Gasteiger partial charge in [0.05, 0.1) is 35.0 Å². The van der Waals surface area contributed by atoms with E-state index in [4.69, 9.17) is 4.74 Å². The molecule has 3 aromatic carbocycles. The average Bonchev–Trinajstić information content (AvgIpc) is 3.30. The summed E-state index contributed by atoms with van der Waals surface area (Å²) in [5.74, 6) is -0.822. The largest absolute Gasteiger partial charge is 0.497 e. The number of H-pyrrole nitrogens is 1. The Bertz CT molecular complexity index is 1890. The van der Waals surface area contributed by atoms with Crippen LogP contribution in [0.1, 0.15) is 21.5 Å². The van der Waals surface area contributed by atoms with E-state index in [1.54, 1.807) is 60.7 Å². The molecule has 0 aliphatic heterocycles. The van der Waals surface area contributed by atoms with Crippen LogP contribution in [0.25, 0.3) is 34.6 Å². The number of pyridine rings is 1. The van der Waals surface area contributed by atoms with Crippen molar-refractivity contribution in [2.24, 2.45) is 0 Å². The molecular formula is C31H26N4O5. The van der Waals surface area contributed by atoms with E-state index in [2.05, 4.69) is 10.8 Å². The molecular weight excluding hydrogens is 508 g/mol. The van der Waals surface area contributed by atoms with E-state index in [0.717, 1.165) is 11.3 Å². The van der Waals surface area contributed by atoms with Crippen LogP contribution in [0.4, 0.5) is 5.69 Å². The Hall–Kier alpha value is -5.53. The molecule has 2 N–H and O–H groups in total. The summed E-state index contributed by atoms with van der Waals surface area (Å²) in [5, 5.41) is 13.1. The number of hydrogen-bond donors (Lipinski definition) is 2. The number of aromatic carboxylic acids is 1. The van der Waals surface area contributed by atoms with Crippen molar-refractivity contribution in [3.63, 3.8) is 0 Å². The number of nitrogens with zero attached hydrogens (tertiary/aromatic N) is 3. The number of aromatic amines is 1. The highest BCUT2D eigenvalue weighted by atomic mass is 16.5. The Balaban J connectivity index is 1.80. The number of para-hydroxylation sites is 1. The maximum Gasteiger partial charge on any atom is 0.337 e. The van der Waals surface area contributed by atoms with Crippen molar-refractivity contribution >= 4 is 34.8 Å². The molecule has 5 rings (SSSR count). The number of ether oxygens (including phenoxy) is 1. The van der Waals surface area contributed by atoms with Gasteiger partial charge in [-0.25, -0.2) is 9.48 Å². The molecule has 40 heavy (non-hydrogen) atoms. The number of nitrogens with one attached hydrogen (secondary N) is 1. The molecule has 9 heteroatoms. The zero-order valence-corrected chi connectivity index (χ0v) is 22.1. The summed E-state index contributed by atoms with van der Waals surface area (Å²) in [7, 11) is 5.41. The van der Waals surface area contributed by atoms with Gasteiger partial charge in [0, 0.05) is 19.8 Å². The van der Waals surface area contributed by atoms with Crippen LogP contribution in [-0.4, -0.2) is 46.6 Å². The Morgan fingerprint density at radius 2 is 1.57 bits per heavy atom. The number of aromatic nitrogens is 3. The molecule has 0 aliphatic carbocycles. The lowest BCUT2D eigenvalue weighted by Gasteiger charge is -2.12. The minimum absolute atomic E-state index is 0.0572. The van der Waals surface area contributed by atoms with Crippen LogP contribution >= 0.6 is 0 Å². The van der Waals surface area contributed by atoms with Gasteiger partial charge >= 0.3 is 5.97 Å². The lowest BCUT2D eigenvalue weighted by molar-refractivity contribution is 0.0698. The second-order valence-electron chi connectivity index (χ2n) is 9.19. The molecule has 0 bridgehead atoms. The van der Waals surface area contributed by atoms with E-state index in [1.807, 2.05) is 43.3 Å². The Labute approximate surface area is 229 Å². The van der Waals surface area contributed by atoms with Crippen LogP contribution in [-0.2, 0) is 0 Å². The second kappa shape index (κ2) is 10.7. The molecule has 2 aromatic heterocycles. The number of hydrogen-bond acceptors (Lipinski definition) is 5. The van der Waals surface area contributed by atoms with Crippen molar-refractivity contribution in [1.29, 1.82) is 0 Å². The predicted molar refractivity (Wildman–Crippen MR) is 156 cm³/mol. The Morgan fingerprint density at radius 3 is 2.17 bits per heavy atom. The van der Waals surface area contributed by atoms with Gasteiger partial charge in [-0.3, -0.25) is 19.3 Å². The minimum Gasteiger partial charge on any atom is -0.497 e. The maximum atomic E-state index is 13.9. The van der Waals surface area contributed by atoms with Crippen LogP contribution in [0.3, 0.4) is 0 Å².